The van der Waals surface area contributed by atoms with Crippen LogP contribution in [-0.2, 0) is 4.74 Å². The van der Waals surface area contributed by atoms with E-state index < -0.39 is 0 Å². The molecule has 0 saturated heterocycles. The van der Waals surface area contributed by atoms with Crippen LogP contribution >= 0.6 is 22.6 Å². The molecule has 0 saturated carbocycles. The number of hydrogen-bond donors (Lipinski definition) is 0. The van der Waals surface area contributed by atoms with Gasteiger partial charge in [0.05, 0.1) is 12.2 Å². The highest BCUT2D eigenvalue weighted by Gasteiger charge is 2.25. The fourth-order valence-electron chi connectivity index (χ4n) is 2.04. The first kappa shape index (κ1) is 17.7. The van der Waals surface area contributed by atoms with E-state index in [-0.39, 0.29) is 5.60 Å². The molecule has 1 nitrogen and oxygen atoms in total. The van der Waals surface area contributed by atoms with Gasteiger partial charge in [-0.15, -0.1) is 0 Å². The summed E-state index contributed by atoms with van der Waals surface area (Å²) in [5.74, 6) is 1.37. The largest absolute Gasteiger partial charge is 0.376 e. The molecular weight excluding hydrogens is 323 g/mol. The molecule has 0 spiro atoms. The molecule has 0 aliphatic carbocycles. The minimum atomic E-state index is -0.00890. The topological polar surface area (TPSA) is 9.23 Å². The van der Waals surface area contributed by atoms with E-state index in [4.69, 9.17) is 4.74 Å². The first-order chi connectivity index (χ1) is 7.57. The third-order valence-electron chi connectivity index (χ3n) is 3.27. The molecule has 0 aromatic heterocycles. The van der Waals surface area contributed by atoms with Gasteiger partial charge in [0, 0.05) is 3.42 Å². The van der Waals surface area contributed by atoms with Crippen LogP contribution in [0.2, 0.25) is 0 Å². The number of ether oxygens (including phenoxy) is 1. The van der Waals surface area contributed by atoms with Crippen molar-refractivity contribution in [3.63, 3.8) is 0 Å². The summed E-state index contributed by atoms with van der Waals surface area (Å²) in [4.78, 5) is 0. The highest BCUT2D eigenvalue weighted by molar-refractivity contribution is 14.1. The van der Waals surface area contributed by atoms with Gasteiger partial charge in [-0.05, 0) is 45.4 Å². The van der Waals surface area contributed by atoms with Gasteiger partial charge in [-0.2, -0.15) is 0 Å². The van der Waals surface area contributed by atoms with Gasteiger partial charge in [-0.25, -0.2) is 0 Å². The molecule has 2 heteroatoms. The van der Waals surface area contributed by atoms with Crippen molar-refractivity contribution < 1.29 is 4.74 Å². The summed E-state index contributed by atoms with van der Waals surface area (Å²) in [5.41, 5.74) is -0.00890. The van der Waals surface area contributed by atoms with Crippen LogP contribution in [0, 0.1) is 11.8 Å². The minimum Gasteiger partial charge on any atom is -0.376 e. The summed E-state index contributed by atoms with van der Waals surface area (Å²) in [6.45, 7) is 16.6. The molecule has 3 unspecified atom stereocenters. The maximum atomic E-state index is 5.88. The smallest absolute Gasteiger partial charge is 0.0598 e. The van der Waals surface area contributed by atoms with Crippen LogP contribution in [-0.4, -0.2) is 15.6 Å². The second kappa shape index (κ2) is 7.32. The standard InChI is InChI=1S/C15H31IO/c1-8-9-15(7,16)10-12(2)13(3)11-17-14(4,5)6/h12-13H,8-11H2,1-7H3. The second-order valence-corrected chi connectivity index (χ2v) is 9.35. The molecule has 0 amide bonds. The zero-order valence-corrected chi connectivity index (χ0v) is 14.9. The lowest BCUT2D eigenvalue weighted by molar-refractivity contribution is -0.0285. The molecule has 0 aromatic carbocycles. The first-order valence-corrected chi connectivity index (χ1v) is 7.98. The van der Waals surface area contributed by atoms with Gasteiger partial charge in [0.2, 0.25) is 0 Å². The van der Waals surface area contributed by atoms with Gasteiger partial charge in [0.1, 0.15) is 0 Å². The van der Waals surface area contributed by atoms with Gasteiger partial charge in [0.25, 0.3) is 0 Å². The molecule has 0 heterocycles. The van der Waals surface area contributed by atoms with Crippen molar-refractivity contribution in [3.8, 4) is 0 Å². The van der Waals surface area contributed by atoms with Crippen molar-refractivity contribution in [1.29, 1.82) is 0 Å². The van der Waals surface area contributed by atoms with Crippen molar-refractivity contribution in [2.75, 3.05) is 6.61 Å². The summed E-state index contributed by atoms with van der Waals surface area (Å²) in [7, 11) is 0. The molecule has 0 radical (unpaired) electrons. The van der Waals surface area contributed by atoms with E-state index in [0.29, 0.717) is 9.34 Å². The zero-order valence-electron chi connectivity index (χ0n) is 12.8. The summed E-state index contributed by atoms with van der Waals surface area (Å²) in [6.07, 6.45) is 3.87. The van der Waals surface area contributed by atoms with Crippen molar-refractivity contribution in [3.05, 3.63) is 0 Å². The van der Waals surface area contributed by atoms with Gasteiger partial charge >= 0.3 is 0 Å². The molecule has 104 valence electrons. The van der Waals surface area contributed by atoms with Crippen molar-refractivity contribution in [1.82, 2.24) is 0 Å². The fraction of sp³-hybridized carbons (Fsp3) is 1.00. The van der Waals surface area contributed by atoms with Crippen LogP contribution < -0.4 is 0 Å². The van der Waals surface area contributed by atoms with Crippen LogP contribution in [0.4, 0.5) is 0 Å². The number of alkyl halides is 1. The molecule has 0 aliphatic rings. The van der Waals surface area contributed by atoms with Crippen molar-refractivity contribution >= 4 is 22.6 Å². The Morgan fingerprint density at radius 2 is 1.59 bits per heavy atom. The van der Waals surface area contributed by atoms with Gasteiger partial charge in [0.15, 0.2) is 0 Å². The minimum absolute atomic E-state index is 0.00890. The summed E-state index contributed by atoms with van der Waals surface area (Å²) in [6, 6.07) is 0. The molecule has 0 rings (SSSR count). The summed E-state index contributed by atoms with van der Waals surface area (Å²) >= 11 is 2.63. The van der Waals surface area contributed by atoms with E-state index in [2.05, 4.69) is 71.1 Å². The zero-order chi connectivity index (χ0) is 13.7. The third kappa shape index (κ3) is 9.29. The average molecular weight is 354 g/mol. The monoisotopic (exact) mass is 354 g/mol. The highest BCUT2D eigenvalue weighted by atomic mass is 127. The number of halogens is 1. The van der Waals surface area contributed by atoms with E-state index >= 15 is 0 Å². The predicted octanol–water partition coefficient (Wildman–Crippen LogP) is 5.46. The number of rotatable bonds is 7. The predicted molar refractivity (Wildman–Crippen MR) is 86.0 cm³/mol. The quantitative estimate of drug-likeness (QED) is 0.436. The molecule has 0 fully saturated rings. The van der Waals surface area contributed by atoms with E-state index in [0.717, 1.165) is 12.5 Å². The maximum Gasteiger partial charge on any atom is 0.0598 e. The van der Waals surface area contributed by atoms with Crippen LogP contribution in [0.15, 0.2) is 0 Å². The molecule has 3 atom stereocenters. The Morgan fingerprint density at radius 3 is 2.00 bits per heavy atom. The highest BCUT2D eigenvalue weighted by Crippen LogP contribution is 2.34. The Morgan fingerprint density at radius 1 is 1.06 bits per heavy atom. The van der Waals surface area contributed by atoms with Gasteiger partial charge in [-0.1, -0.05) is 56.7 Å². The van der Waals surface area contributed by atoms with Gasteiger partial charge in [-0.3, -0.25) is 0 Å². The summed E-state index contributed by atoms with van der Waals surface area (Å²) in [5, 5.41) is 0. The van der Waals surface area contributed by atoms with Crippen molar-refractivity contribution in [2.45, 2.75) is 76.8 Å². The Labute approximate surface area is 122 Å². The lowest BCUT2D eigenvalue weighted by Gasteiger charge is -2.31. The SMILES string of the molecule is CCCC(C)(I)CC(C)C(C)COC(C)(C)C. The normalized spacial score (nSPS) is 19.8. The van der Waals surface area contributed by atoms with Crippen LogP contribution in [0.5, 0.6) is 0 Å². The lowest BCUT2D eigenvalue weighted by Crippen LogP contribution is -2.28. The Kier molecular flexibility index (Phi) is 7.62. The molecule has 0 bridgehead atoms. The van der Waals surface area contributed by atoms with Crippen LogP contribution in [0.25, 0.3) is 0 Å². The maximum absolute atomic E-state index is 5.88. The van der Waals surface area contributed by atoms with Crippen molar-refractivity contribution in [2.24, 2.45) is 11.8 Å². The first-order valence-electron chi connectivity index (χ1n) is 6.90. The molecule has 0 aliphatic heterocycles. The molecular formula is C15H31IO. The van der Waals surface area contributed by atoms with Gasteiger partial charge < -0.3 is 4.74 Å². The summed E-state index contributed by atoms with van der Waals surface area (Å²) < 4.78 is 6.33. The lowest BCUT2D eigenvalue weighted by atomic mass is 9.86. The Balaban J connectivity index is 4.09. The van der Waals surface area contributed by atoms with E-state index in [1.165, 1.54) is 19.3 Å². The van der Waals surface area contributed by atoms with E-state index in [1.54, 1.807) is 0 Å². The van der Waals surface area contributed by atoms with E-state index in [1.807, 2.05) is 0 Å². The third-order valence-corrected chi connectivity index (χ3v) is 4.25. The van der Waals surface area contributed by atoms with Crippen LogP contribution in [0.1, 0.15) is 67.7 Å². The number of hydrogen-bond acceptors (Lipinski definition) is 1. The molecule has 17 heavy (non-hydrogen) atoms. The molecule has 0 N–H and O–H groups in total. The average Bonchev–Trinajstić information content (AvgIpc) is 2.11. The Bertz CT molecular complexity index is 205. The Hall–Kier alpha value is 0.690. The molecule has 0 aromatic rings. The fourth-order valence-corrected chi connectivity index (χ4v) is 3.28. The van der Waals surface area contributed by atoms with Crippen LogP contribution in [0.3, 0.4) is 0 Å². The van der Waals surface area contributed by atoms with E-state index in [9.17, 15) is 0 Å². The second-order valence-electron chi connectivity index (χ2n) is 6.75.